The molecule has 2 aromatic rings. The molecule has 19 heavy (non-hydrogen) atoms. The quantitative estimate of drug-likeness (QED) is 0.796. The molecule has 0 fully saturated rings. The highest BCUT2D eigenvalue weighted by molar-refractivity contribution is 7.89. The molecule has 0 amide bonds. The van der Waals surface area contributed by atoms with Crippen molar-refractivity contribution in [1.29, 1.82) is 0 Å². The van der Waals surface area contributed by atoms with E-state index in [4.69, 9.17) is 4.52 Å². The molecule has 9 heteroatoms. The largest absolute Gasteiger partial charge is 0.347 e. The van der Waals surface area contributed by atoms with Gasteiger partial charge in [-0.3, -0.25) is 5.32 Å². The van der Waals surface area contributed by atoms with Gasteiger partial charge >= 0.3 is 0 Å². The molecule has 1 unspecified atom stereocenters. The summed E-state index contributed by atoms with van der Waals surface area (Å²) in [5, 5.41) is 6.92. The number of hydrogen-bond acceptors (Lipinski definition) is 7. The Morgan fingerprint density at radius 3 is 3.16 bits per heavy atom. The highest BCUT2D eigenvalue weighted by Gasteiger charge is 2.26. The smallest absolute Gasteiger partial charge is 0.244 e. The van der Waals surface area contributed by atoms with Gasteiger partial charge in [-0.1, -0.05) is 5.16 Å². The molecule has 0 bridgehead atoms. The summed E-state index contributed by atoms with van der Waals surface area (Å²) in [5.41, 5.74) is 2.01. The summed E-state index contributed by atoms with van der Waals surface area (Å²) < 4.78 is 27.4. The minimum atomic E-state index is -3.16. The first kappa shape index (κ1) is 12.3. The number of H-pyrrole nitrogens is 1. The van der Waals surface area contributed by atoms with Crippen LogP contribution in [0, 0.1) is 0 Å². The van der Waals surface area contributed by atoms with E-state index < -0.39 is 9.84 Å². The average molecular weight is 283 g/mol. The van der Waals surface area contributed by atoms with Crippen molar-refractivity contribution in [3.05, 3.63) is 29.4 Å². The van der Waals surface area contributed by atoms with Crippen molar-refractivity contribution in [1.82, 2.24) is 25.4 Å². The number of sulfone groups is 1. The molecule has 1 aliphatic rings. The molecule has 3 rings (SSSR count). The van der Waals surface area contributed by atoms with Crippen LogP contribution in [0.15, 0.2) is 10.9 Å². The monoisotopic (exact) mass is 283 g/mol. The highest BCUT2D eigenvalue weighted by atomic mass is 32.2. The van der Waals surface area contributed by atoms with Gasteiger partial charge < -0.3 is 9.51 Å². The zero-order valence-corrected chi connectivity index (χ0v) is 11.1. The summed E-state index contributed by atoms with van der Waals surface area (Å²) in [4.78, 5) is 11.4. The zero-order valence-electron chi connectivity index (χ0n) is 10.3. The van der Waals surface area contributed by atoms with Crippen molar-refractivity contribution in [2.45, 2.75) is 24.8 Å². The van der Waals surface area contributed by atoms with Gasteiger partial charge in [0.15, 0.2) is 15.7 Å². The molecule has 1 aliphatic heterocycles. The van der Waals surface area contributed by atoms with Gasteiger partial charge in [0.05, 0.1) is 23.8 Å². The molecule has 0 aromatic carbocycles. The number of fused-ring (bicyclic) bond motifs is 1. The van der Waals surface area contributed by atoms with Crippen LogP contribution in [0.4, 0.5) is 0 Å². The van der Waals surface area contributed by atoms with Crippen LogP contribution >= 0.6 is 0 Å². The predicted molar refractivity (Wildman–Crippen MR) is 64.7 cm³/mol. The summed E-state index contributed by atoms with van der Waals surface area (Å²) in [6, 6.07) is -0.128. The third kappa shape index (κ3) is 2.66. The second-order valence-corrected chi connectivity index (χ2v) is 6.72. The summed E-state index contributed by atoms with van der Waals surface area (Å²) in [6.07, 6.45) is 3.43. The lowest BCUT2D eigenvalue weighted by molar-refractivity contribution is 0.317. The molecule has 0 saturated heterocycles. The standard InChI is InChI=1S/C10H13N5O3S/c1-19(16,17)4-9-14-10(18-15-9)7-2-6-8(3-11-7)13-5-12-6/h5,7,11H,2-4H2,1H3,(H,12,13). The van der Waals surface area contributed by atoms with E-state index in [1.807, 2.05) is 0 Å². The van der Waals surface area contributed by atoms with Crippen LogP contribution in [0.25, 0.3) is 0 Å². The molecule has 1 atom stereocenters. The van der Waals surface area contributed by atoms with Gasteiger partial charge in [0.25, 0.3) is 0 Å². The van der Waals surface area contributed by atoms with E-state index in [2.05, 4.69) is 25.4 Å². The van der Waals surface area contributed by atoms with Crippen LogP contribution in [0.2, 0.25) is 0 Å². The number of aromatic nitrogens is 4. The number of nitrogens with zero attached hydrogens (tertiary/aromatic N) is 3. The maximum Gasteiger partial charge on any atom is 0.244 e. The van der Waals surface area contributed by atoms with Gasteiger partial charge in [0.2, 0.25) is 5.89 Å². The Bertz CT molecular complexity index is 690. The molecule has 0 aliphatic carbocycles. The Hall–Kier alpha value is -1.74. The Morgan fingerprint density at radius 2 is 2.37 bits per heavy atom. The number of nitrogens with one attached hydrogen (secondary N) is 2. The maximum absolute atomic E-state index is 11.2. The van der Waals surface area contributed by atoms with Crippen LogP contribution in [-0.4, -0.2) is 34.8 Å². The minimum Gasteiger partial charge on any atom is -0.347 e. The molecule has 102 valence electrons. The average Bonchev–Trinajstić information content (AvgIpc) is 2.93. The van der Waals surface area contributed by atoms with Crippen molar-refractivity contribution < 1.29 is 12.9 Å². The third-order valence-corrected chi connectivity index (χ3v) is 3.69. The normalized spacial score (nSPS) is 19.3. The summed E-state index contributed by atoms with van der Waals surface area (Å²) in [5.74, 6) is 0.371. The first-order chi connectivity index (χ1) is 9.01. The van der Waals surface area contributed by atoms with Crippen molar-refractivity contribution in [3.8, 4) is 0 Å². The molecule has 2 N–H and O–H groups in total. The minimum absolute atomic E-state index is 0.128. The van der Waals surface area contributed by atoms with E-state index in [0.29, 0.717) is 18.9 Å². The Kier molecular flexibility index (Phi) is 2.86. The number of imidazole rings is 1. The lowest BCUT2D eigenvalue weighted by Gasteiger charge is -2.19. The molecule has 2 aromatic heterocycles. The van der Waals surface area contributed by atoms with Crippen LogP contribution in [-0.2, 0) is 28.6 Å². The van der Waals surface area contributed by atoms with E-state index in [-0.39, 0.29) is 17.6 Å². The fourth-order valence-corrected chi connectivity index (χ4v) is 2.63. The van der Waals surface area contributed by atoms with Gasteiger partial charge in [-0.25, -0.2) is 13.4 Å². The second-order valence-electron chi connectivity index (χ2n) is 4.58. The molecule has 0 radical (unpaired) electrons. The van der Waals surface area contributed by atoms with E-state index in [9.17, 15) is 8.42 Å². The first-order valence-corrected chi connectivity index (χ1v) is 7.82. The molecule has 8 nitrogen and oxygen atoms in total. The van der Waals surface area contributed by atoms with E-state index in [1.54, 1.807) is 6.33 Å². The third-order valence-electron chi connectivity index (χ3n) is 2.90. The molecule has 3 heterocycles. The molecular weight excluding hydrogens is 270 g/mol. The Labute approximate surface area is 109 Å². The van der Waals surface area contributed by atoms with Crippen molar-refractivity contribution >= 4 is 9.84 Å². The Morgan fingerprint density at radius 1 is 1.53 bits per heavy atom. The van der Waals surface area contributed by atoms with Crippen LogP contribution < -0.4 is 5.32 Å². The summed E-state index contributed by atoms with van der Waals surface area (Å²) in [7, 11) is -3.16. The molecule has 0 saturated carbocycles. The summed E-state index contributed by atoms with van der Waals surface area (Å²) >= 11 is 0. The lowest BCUT2D eigenvalue weighted by Crippen LogP contribution is -2.28. The maximum atomic E-state index is 11.2. The van der Waals surface area contributed by atoms with E-state index in [1.165, 1.54) is 0 Å². The van der Waals surface area contributed by atoms with Gasteiger partial charge in [-0.15, -0.1) is 0 Å². The second kappa shape index (κ2) is 4.42. The van der Waals surface area contributed by atoms with Crippen LogP contribution in [0.3, 0.4) is 0 Å². The first-order valence-electron chi connectivity index (χ1n) is 5.76. The van der Waals surface area contributed by atoms with Gasteiger partial charge in [-0.05, 0) is 0 Å². The SMILES string of the molecule is CS(=O)(=O)Cc1noc(C2Cc3nc[nH]c3CN2)n1. The summed E-state index contributed by atoms with van der Waals surface area (Å²) in [6.45, 7) is 0.643. The fraction of sp³-hybridized carbons (Fsp3) is 0.500. The lowest BCUT2D eigenvalue weighted by atomic mass is 10.1. The van der Waals surface area contributed by atoms with Crippen LogP contribution in [0.1, 0.15) is 29.1 Å². The molecule has 0 spiro atoms. The predicted octanol–water partition coefficient (Wildman–Crippen LogP) is -0.276. The fourth-order valence-electron chi connectivity index (χ4n) is 2.05. The van der Waals surface area contributed by atoms with Gasteiger partial charge in [0, 0.05) is 19.2 Å². The number of aromatic amines is 1. The van der Waals surface area contributed by atoms with Crippen LogP contribution in [0.5, 0.6) is 0 Å². The van der Waals surface area contributed by atoms with Crippen molar-refractivity contribution in [2.24, 2.45) is 0 Å². The van der Waals surface area contributed by atoms with Gasteiger partial charge in [-0.2, -0.15) is 4.98 Å². The topological polar surface area (TPSA) is 114 Å². The Balaban J connectivity index is 1.77. The van der Waals surface area contributed by atoms with E-state index >= 15 is 0 Å². The molecular formula is C10H13N5O3S. The van der Waals surface area contributed by atoms with Gasteiger partial charge in [0.1, 0.15) is 5.75 Å². The zero-order chi connectivity index (χ0) is 13.5. The van der Waals surface area contributed by atoms with Crippen molar-refractivity contribution in [2.75, 3.05) is 6.26 Å². The number of rotatable bonds is 3. The highest BCUT2D eigenvalue weighted by Crippen LogP contribution is 2.22. The van der Waals surface area contributed by atoms with E-state index in [0.717, 1.165) is 17.6 Å². The number of hydrogen-bond donors (Lipinski definition) is 2. The van der Waals surface area contributed by atoms with Crippen molar-refractivity contribution in [3.63, 3.8) is 0 Å².